The summed E-state index contributed by atoms with van der Waals surface area (Å²) in [4.78, 5) is 11.2. The molecule has 0 saturated carbocycles. The molecule has 3 aromatic rings. The van der Waals surface area contributed by atoms with E-state index >= 15 is 0 Å². The van der Waals surface area contributed by atoms with Crippen LogP contribution in [0.3, 0.4) is 0 Å². The van der Waals surface area contributed by atoms with E-state index < -0.39 is 20.3 Å². The molecule has 1 aromatic heterocycles. The fourth-order valence-corrected chi connectivity index (χ4v) is 10.4. The Morgan fingerprint density at radius 2 is 1.24 bits per heavy atom. The summed E-state index contributed by atoms with van der Waals surface area (Å²) in [6.45, 7) is 36.3. The SMILES string of the molecule is C.C=CCCCCNS(=O)(=O)CCC(C)(C)C.CCCC(C)(C)C.COc1ccc(CS(CCC(C)(C)C)(Cc2ccc(C)cc2)ON=O)cc1.Cc1nnc(CC(C)(C)C)o1. The molecule has 0 saturated heterocycles. The van der Waals surface area contributed by atoms with Crippen LogP contribution in [0, 0.1) is 40.4 Å². The van der Waals surface area contributed by atoms with Gasteiger partial charge in [0.2, 0.25) is 21.8 Å². The van der Waals surface area contributed by atoms with Gasteiger partial charge in [-0.2, -0.15) is 0 Å². The van der Waals surface area contributed by atoms with Crippen LogP contribution >= 0.6 is 10.3 Å². The third-order valence-electron chi connectivity index (χ3n) is 9.08. The lowest BCUT2D eigenvalue weighted by atomic mass is 9.91. The second kappa shape index (κ2) is 29.3. The van der Waals surface area contributed by atoms with Crippen molar-refractivity contribution in [1.29, 1.82) is 0 Å². The summed E-state index contributed by atoms with van der Waals surface area (Å²) < 4.78 is 41.9. The van der Waals surface area contributed by atoms with E-state index in [1.54, 1.807) is 14.0 Å². The van der Waals surface area contributed by atoms with Crippen LogP contribution in [0.25, 0.3) is 0 Å². The van der Waals surface area contributed by atoms with Gasteiger partial charge in [-0.3, -0.25) is 0 Å². The molecule has 0 fully saturated rings. The topological polar surface area (TPSA) is 133 Å². The minimum Gasteiger partial charge on any atom is -0.497 e. The number of nitrogens with one attached hydrogen (secondary N) is 1. The van der Waals surface area contributed by atoms with Crippen LogP contribution in [0.2, 0.25) is 0 Å². The van der Waals surface area contributed by atoms with Gasteiger partial charge in [-0.1, -0.05) is 162 Å². The molecule has 1 atom stereocenters. The molecule has 1 unspecified atom stereocenters. The van der Waals surface area contributed by atoms with Crippen LogP contribution in [0.1, 0.15) is 171 Å². The van der Waals surface area contributed by atoms with Gasteiger partial charge in [-0.15, -0.1) is 21.7 Å². The number of rotatable bonds is 19. The van der Waals surface area contributed by atoms with Crippen molar-refractivity contribution >= 4 is 20.3 Å². The zero-order chi connectivity index (χ0) is 47.0. The Labute approximate surface area is 382 Å². The molecule has 2 aromatic carbocycles. The van der Waals surface area contributed by atoms with Gasteiger partial charge in [-0.25, -0.2) is 13.1 Å². The standard InChI is InChI=1S/C22H31NO3S.C12H25NO2S.C8H14N2O.C7H16.CH4/c1-18-6-8-19(9-7-18)16-27(26-23-24,15-14-22(2,3)4)17-20-10-12-21(25-5)13-11-20;1-5-6-7-8-10-13-16(14,15)11-9-12(2,3)4;1-6-9-10-7(11-6)5-8(2,3)4;1-5-6-7(2,3)4;/h6-13H,14-17H2,1-5H3;5,13H,1,6-11H2,2-4H3;5H2,1-4H3;5-6H2,1-4H3;1H4. The summed E-state index contributed by atoms with van der Waals surface area (Å²) in [6.07, 6.45) is 9.82. The minimum atomic E-state index is -3.08. The predicted octanol–water partition coefficient (Wildman–Crippen LogP) is 14.7. The van der Waals surface area contributed by atoms with Crippen LogP contribution in [-0.2, 0) is 32.2 Å². The monoisotopic (exact) mass is 907 g/mol. The van der Waals surface area contributed by atoms with Crippen LogP contribution in [-0.4, -0.2) is 43.8 Å². The zero-order valence-corrected chi connectivity index (χ0v) is 42.8. The third kappa shape index (κ3) is 33.4. The van der Waals surface area contributed by atoms with Crippen molar-refractivity contribution in [2.24, 2.45) is 27.0 Å². The molecule has 0 aliphatic carbocycles. The van der Waals surface area contributed by atoms with E-state index in [0.29, 0.717) is 30.0 Å². The molecule has 1 heterocycles. The number of aromatic nitrogens is 2. The Bertz CT molecular complexity index is 1730. The maximum Gasteiger partial charge on any atom is 0.217 e. The van der Waals surface area contributed by atoms with Crippen LogP contribution < -0.4 is 9.46 Å². The van der Waals surface area contributed by atoms with E-state index in [4.69, 9.17) is 13.4 Å². The minimum absolute atomic E-state index is 0. The highest BCUT2D eigenvalue weighted by molar-refractivity contribution is 8.28. The summed E-state index contributed by atoms with van der Waals surface area (Å²) in [7, 11) is -3.16. The average molecular weight is 907 g/mol. The molecule has 10 nitrogen and oxygen atoms in total. The lowest BCUT2D eigenvalue weighted by Crippen LogP contribution is -2.29. The Hall–Kier alpha value is -3.22. The number of allylic oxidation sites excluding steroid dienone is 1. The molecule has 0 bridgehead atoms. The maximum absolute atomic E-state index is 11.6. The quantitative estimate of drug-likeness (QED) is 0.0544. The van der Waals surface area contributed by atoms with E-state index in [0.717, 1.165) is 60.8 Å². The maximum atomic E-state index is 11.6. The molecule has 0 aliphatic heterocycles. The highest BCUT2D eigenvalue weighted by atomic mass is 32.3. The fraction of sp³-hybridized carbons (Fsp3) is 0.680. The number of sulfonamides is 1. The number of unbranched alkanes of at least 4 members (excludes halogenated alkanes) is 2. The van der Waals surface area contributed by atoms with Crippen molar-refractivity contribution in [1.82, 2.24) is 14.9 Å². The van der Waals surface area contributed by atoms with Crippen molar-refractivity contribution in [2.45, 2.75) is 174 Å². The highest BCUT2D eigenvalue weighted by Crippen LogP contribution is 2.57. The molecule has 62 heavy (non-hydrogen) atoms. The largest absolute Gasteiger partial charge is 0.497 e. The number of hydrogen-bond donors (Lipinski definition) is 1. The van der Waals surface area contributed by atoms with Crippen LogP contribution in [0.15, 0.2) is 70.9 Å². The Kier molecular flexibility index (Phi) is 28.7. The van der Waals surface area contributed by atoms with Crippen molar-refractivity contribution in [3.05, 3.63) is 94.6 Å². The Morgan fingerprint density at radius 3 is 1.63 bits per heavy atom. The third-order valence-corrected chi connectivity index (χ3v) is 13.5. The average Bonchev–Trinajstić information content (AvgIpc) is 3.53. The van der Waals surface area contributed by atoms with Gasteiger partial charge in [0.1, 0.15) is 5.75 Å². The Morgan fingerprint density at radius 1 is 0.742 bits per heavy atom. The summed E-state index contributed by atoms with van der Waals surface area (Å²) in [6, 6.07) is 16.4. The zero-order valence-electron chi connectivity index (χ0n) is 41.2. The van der Waals surface area contributed by atoms with Crippen LogP contribution in [0.4, 0.5) is 0 Å². The van der Waals surface area contributed by atoms with E-state index in [2.05, 4.69) is 127 Å². The van der Waals surface area contributed by atoms with Gasteiger partial charge < -0.3 is 13.4 Å². The molecular formula is C50H90N4O6S2. The van der Waals surface area contributed by atoms with E-state index in [1.165, 1.54) is 24.0 Å². The van der Waals surface area contributed by atoms with Crippen molar-refractivity contribution in [3.63, 3.8) is 0 Å². The van der Waals surface area contributed by atoms with Gasteiger partial charge in [-0.05, 0) is 90.4 Å². The van der Waals surface area contributed by atoms with Gasteiger partial charge in [0.25, 0.3) is 0 Å². The van der Waals surface area contributed by atoms with Crippen molar-refractivity contribution < 1.29 is 21.9 Å². The first kappa shape index (κ1) is 60.9. The molecule has 0 amide bonds. The molecule has 0 radical (unpaired) electrons. The number of ether oxygens (including phenoxy) is 1. The van der Waals surface area contributed by atoms with Crippen LogP contribution in [0.5, 0.6) is 5.75 Å². The highest BCUT2D eigenvalue weighted by Gasteiger charge is 2.30. The van der Waals surface area contributed by atoms with Gasteiger partial charge in [0.05, 0.1) is 12.9 Å². The van der Waals surface area contributed by atoms with Crippen molar-refractivity contribution in [2.75, 3.05) is 25.2 Å². The lowest BCUT2D eigenvalue weighted by Gasteiger charge is -2.37. The fourth-order valence-electron chi connectivity index (χ4n) is 5.62. The molecule has 1 N–H and O–H groups in total. The summed E-state index contributed by atoms with van der Waals surface area (Å²) in [5.74, 6) is 4.68. The molecule has 12 heteroatoms. The number of hydrogen-bond acceptors (Lipinski definition) is 9. The Balaban J connectivity index is 0. The van der Waals surface area contributed by atoms with Crippen molar-refractivity contribution in [3.8, 4) is 5.75 Å². The number of benzene rings is 2. The molecule has 0 aliphatic rings. The molecule has 358 valence electrons. The first-order valence-electron chi connectivity index (χ1n) is 21.9. The normalized spacial score (nSPS) is 13.2. The second-order valence-corrected chi connectivity index (χ2v) is 25.8. The van der Waals surface area contributed by atoms with E-state index in [9.17, 15) is 13.3 Å². The van der Waals surface area contributed by atoms with E-state index in [1.807, 2.05) is 51.1 Å². The lowest BCUT2D eigenvalue weighted by molar-refractivity contribution is 0.349. The van der Waals surface area contributed by atoms with Gasteiger partial charge in [0.15, 0.2) is 5.34 Å². The number of methoxy groups -OCH3 is 1. The smallest absolute Gasteiger partial charge is 0.217 e. The first-order chi connectivity index (χ1) is 28.1. The molecule has 0 spiro atoms. The second-order valence-electron chi connectivity index (χ2n) is 20.8. The molecular weight excluding hydrogens is 817 g/mol. The van der Waals surface area contributed by atoms with E-state index in [-0.39, 0.29) is 29.4 Å². The number of aryl methyl sites for hydroxylation is 2. The predicted molar refractivity (Wildman–Crippen MR) is 268 cm³/mol. The van der Waals surface area contributed by atoms with Gasteiger partial charge in [0, 0.05) is 37.1 Å². The summed E-state index contributed by atoms with van der Waals surface area (Å²) >= 11 is 0. The first-order valence-corrected chi connectivity index (χ1v) is 25.6. The summed E-state index contributed by atoms with van der Waals surface area (Å²) in [5.41, 5.74) is 4.54. The van der Waals surface area contributed by atoms with Gasteiger partial charge >= 0.3 is 0 Å². The number of nitrogens with zero attached hydrogens (tertiary/aromatic N) is 3. The summed E-state index contributed by atoms with van der Waals surface area (Å²) in [5, 5.41) is 10.6. The molecule has 3 rings (SSSR count).